The van der Waals surface area contributed by atoms with Crippen LogP contribution in [0.3, 0.4) is 0 Å². The number of carbonyl (C=O) groups excluding carboxylic acids is 1. The molecular weight excluding hydrogens is 512 g/mol. The van der Waals surface area contributed by atoms with Crippen LogP contribution in [0.2, 0.25) is 0 Å². The smallest absolute Gasteiger partial charge is 0.335 e. The van der Waals surface area contributed by atoms with Crippen molar-refractivity contribution in [3.63, 3.8) is 0 Å². The van der Waals surface area contributed by atoms with Crippen LogP contribution in [0.15, 0.2) is 53.4 Å². The van der Waals surface area contributed by atoms with Gasteiger partial charge < -0.3 is 10.0 Å². The van der Waals surface area contributed by atoms with Gasteiger partial charge in [-0.05, 0) is 74.1 Å². The Morgan fingerprint density at radius 3 is 1.97 bits per heavy atom. The SMILES string of the molecule is CCCCN(Cc1cccc(C(=O)O)c1)C(=O)c1ccc(S(=O)(=O)N(C2CCCCC2)C2CCCCC2)cc1. The summed E-state index contributed by atoms with van der Waals surface area (Å²) in [6.45, 7) is 2.87. The Hall–Kier alpha value is -2.71. The Balaban J connectivity index is 1.56. The second-order valence-corrected chi connectivity index (χ2v) is 12.9. The molecule has 0 aliphatic heterocycles. The second kappa shape index (κ2) is 13.6. The Morgan fingerprint density at radius 2 is 1.44 bits per heavy atom. The highest BCUT2D eigenvalue weighted by molar-refractivity contribution is 7.89. The number of nitrogens with zero attached hydrogens (tertiary/aromatic N) is 2. The maximum absolute atomic E-state index is 14.0. The fraction of sp³-hybridized carbons (Fsp3) is 0.548. The molecule has 0 aromatic heterocycles. The van der Waals surface area contributed by atoms with Gasteiger partial charge >= 0.3 is 5.97 Å². The summed E-state index contributed by atoms with van der Waals surface area (Å²) >= 11 is 0. The van der Waals surface area contributed by atoms with Crippen LogP contribution in [0, 0.1) is 0 Å². The normalized spacial score (nSPS) is 17.3. The summed E-state index contributed by atoms with van der Waals surface area (Å²) in [7, 11) is -3.69. The van der Waals surface area contributed by atoms with Gasteiger partial charge in [0.05, 0.1) is 10.5 Å². The summed E-state index contributed by atoms with van der Waals surface area (Å²) in [5, 5.41) is 9.34. The molecule has 0 radical (unpaired) electrons. The van der Waals surface area contributed by atoms with E-state index >= 15 is 0 Å². The molecule has 39 heavy (non-hydrogen) atoms. The summed E-state index contributed by atoms with van der Waals surface area (Å²) in [5.41, 5.74) is 1.36. The lowest BCUT2D eigenvalue weighted by Crippen LogP contribution is -2.48. The number of carboxylic acids is 1. The van der Waals surface area contributed by atoms with Crippen LogP contribution < -0.4 is 0 Å². The predicted molar refractivity (Wildman–Crippen MR) is 152 cm³/mol. The first-order valence-electron chi connectivity index (χ1n) is 14.6. The molecule has 2 aromatic carbocycles. The highest BCUT2D eigenvalue weighted by Gasteiger charge is 2.38. The zero-order valence-electron chi connectivity index (χ0n) is 23.1. The molecule has 212 valence electrons. The molecule has 0 heterocycles. The van der Waals surface area contributed by atoms with E-state index in [4.69, 9.17) is 0 Å². The molecule has 2 fully saturated rings. The minimum Gasteiger partial charge on any atom is -0.478 e. The van der Waals surface area contributed by atoms with Crippen LogP contribution in [0.4, 0.5) is 0 Å². The van der Waals surface area contributed by atoms with Crippen LogP contribution in [0.1, 0.15) is 110 Å². The van der Waals surface area contributed by atoms with Gasteiger partial charge in [-0.3, -0.25) is 4.79 Å². The van der Waals surface area contributed by atoms with E-state index in [0.717, 1.165) is 69.8 Å². The molecule has 8 heteroatoms. The molecule has 0 unspecified atom stereocenters. The summed E-state index contributed by atoms with van der Waals surface area (Å²) in [6.07, 6.45) is 12.0. The minimum absolute atomic E-state index is 0.0549. The van der Waals surface area contributed by atoms with Crippen LogP contribution >= 0.6 is 0 Å². The third kappa shape index (κ3) is 7.28. The fourth-order valence-corrected chi connectivity index (χ4v) is 7.99. The Morgan fingerprint density at radius 1 is 0.846 bits per heavy atom. The van der Waals surface area contributed by atoms with Crippen molar-refractivity contribution >= 4 is 21.9 Å². The number of carboxylic acid groups (broad SMARTS) is 1. The quantitative estimate of drug-likeness (QED) is 0.343. The van der Waals surface area contributed by atoms with Crippen molar-refractivity contribution in [3.05, 3.63) is 65.2 Å². The van der Waals surface area contributed by atoms with Crippen LogP contribution in [0.5, 0.6) is 0 Å². The molecule has 4 rings (SSSR count). The molecule has 2 aliphatic carbocycles. The van der Waals surface area contributed by atoms with Crippen molar-refractivity contribution in [1.29, 1.82) is 0 Å². The lowest BCUT2D eigenvalue weighted by Gasteiger charge is -2.40. The average molecular weight is 555 g/mol. The first-order chi connectivity index (χ1) is 18.8. The number of benzene rings is 2. The van der Waals surface area contributed by atoms with Gasteiger partial charge in [-0.15, -0.1) is 0 Å². The first-order valence-corrected chi connectivity index (χ1v) is 16.0. The monoisotopic (exact) mass is 554 g/mol. The van der Waals surface area contributed by atoms with E-state index in [1.54, 1.807) is 41.3 Å². The van der Waals surface area contributed by atoms with E-state index < -0.39 is 16.0 Å². The number of aromatic carboxylic acids is 1. The number of sulfonamides is 1. The molecule has 7 nitrogen and oxygen atoms in total. The van der Waals surface area contributed by atoms with Gasteiger partial charge in [-0.25, -0.2) is 13.2 Å². The predicted octanol–water partition coefficient (Wildman–Crippen LogP) is 6.48. The molecular formula is C31H42N2O5S. The van der Waals surface area contributed by atoms with E-state index in [-0.39, 0.29) is 35.0 Å². The molecule has 1 N–H and O–H groups in total. The van der Waals surface area contributed by atoms with Crippen molar-refractivity contribution in [2.24, 2.45) is 0 Å². The largest absolute Gasteiger partial charge is 0.478 e. The number of hydrogen-bond donors (Lipinski definition) is 1. The van der Waals surface area contributed by atoms with Crippen molar-refractivity contribution in [2.75, 3.05) is 6.54 Å². The molecule has 2 saturated carbocycles. The zero-order chi connectivity index (χ0) is 27.8. The average Bonchev–Trinajstić information content (AvgIpc) is 2.96. The van der Waals surface area contributed by atoms with Gasteiger partial charge in [-0.2, -0.15) is 4.31 Å². The zero-order valence-corrected chi connectivity index (χ0v) is 23.9. The topological polar surface area (TPSA) is 95.0 Å². The number of hydrogen-bond acceptors (Lipinski definition) is 4. The number of amides is 1. The van der Waals surface area contributed by atoms with E-state index in [0.29, 0.717) is 12.1 Å². The molecule has 0 bridgehead atoms. The molecule has 0 saturated heterocycles. The van der Waals surface area contributed by atoms with Crippen LogP contribution in [-0.4, -0.2) is 53.2 Å². The number of rotatable bonds is 11. The fourth-order valence-electron chi connectivity index (χ4n) is 6.06. The van der Waals surface area contributed by atoms with Crippen molar-refractivity contribution in [2.45, 2.75) is 107 Å². The summed E-state index contributed by atoms with van der Waals surface area (Å²) in [6, 6.07) is 13.2. The third-order valence-electron chi connectivity index (χ3n) is 8.16. The number of carbonyl (C=O) groups is 2. The van der Waals surface area contributed by atoms with E-state index in [1.165, 1.54) is 18.9 Å². The van der Waals surface area contributed by atoms with Gasteiger partial charge in [0.15, 0.2) is 0 Å². The summed E-state index contributed by atoms with van der Waals surface area (Å²) in [5.74, 6) is -1.19. The second-order valence-electron chi connectivity index (χ2n) is 11.0. The molecule has 2 aromatic rings. The maximum Gasteiger partial charge on any atom is 0.335 e. The van der Waals surface area contributed by atoms with E-state index in [2.05, 4.69) is 6.92 Å². The Bertz CT molecular complexity index is 1200. The van der Waals surface area contributed by atoms with Crippen LogP contribution in [-0.2, 0) is 16.6 Å². The lowest BCUT2D eigenvalue weighted by molar-refractivity contribution is 0.0696. The highest BCUT2D eigenvalue weighted by Crippen LogP contribution is 2.35. The maximum atomic E-state index is 14.0. The minimum atomic E-state index is -3.69. The van der Waals surface area contributed by atoms with Gasteiger partial charge in [0.2, 0.25) is 10.0 Å². The third-order valence-corrected chi connectivity index (χ3v) is 10.2. The van der Waals surface area contributed by atoms with Gasteiger partial charge in [0.1, 0.15) is 0 Å². The van der Waals surface area contributed by atoms with Gasteiger partial charge in [-0.1, -0.05) is 64.0 Å². The summed E-state index contributed by atoms with van der Waals surface area (Å²) in [4.78, 5) is 26.9. The summed E-state index contributed by atoms with van der Waals surface area (Å²) < 4.78 is 29.8. The van der Waals surface area contributed by atoms with Crippen molar-refractivity contribution in [3.8, 4) is 0 Å². The first kappa shape index (κ1) is 29.3. The van der Waals surface area contributed by atoms with Crippen molar-refractivity contribution < 1.29 is 23.1 Å². The molecule has 2 aliphatic rings. The Labute approximate surface area is 233 Å². The standard InChI is InChI=1S/C31H42N2O5S/c1-2-3-21-32(23-24-11-10-12-26(22-24)31(35)36)30(34)25-17-19-29(20-18-25)39(37,38)33(27-13-6-4-7-14-27)28-15-8-5-9-16-28/h10-12,17-20,22,27-28H,2-9,13-16,21,23H2,1H3,(H,35,36). The lowest BCUT2D eigenvalue weighted by atomic mass is 9.91. The van der Waals surface area contributed by atoms with Crippen LogP contribution in [0.25, 0.3) is 0 Å². The van der Waals surface area contributed by atoms with E-state index in [9.17, 15) is 23.1 Å². The van der Waals surface area contributed by atoms with E-state index in [1.807, 2.05) is 10.4 Å². The van der Waals surface area contributed by atoms with Gasteiger partial charge in [0, 0.05) is 30.7 Å². The molecule has 1 amide bonds. The molecule has 0 spiro atoms. The highest BCUT2D eigenvalue weighted by atomic mass is 32.2. The number of unbranched alkanes of at least 4 members (excludes halogenated alkanes) is 1. The molecule has 0 atom stereocenters. The van der Waals surface area contributed by atoms with Gasteiger partial charge in [0.25, 0.3) is 5.91 Å². The van der Waals surface area contributed by atoms with Crippen molar-refractivity contribution in [1.82, 2.24) is 9.21 Å². The Kier molecular flexibility index (Phi) is 10.2.